The van der Waals surface area contributed by atoms with Crippen molar-refractivity contribution >= 4 is 66.7 Å². The molecule has 0 heterocycles. The second-order valence-corrected chi connectivity index (χ2v) is 12.6. The van der Waals surface area contributed by atoms with Crippen molar-refractivity contribution in [2.45, 2.75) is 32.4 Å². The van der Waals surface area contributed by atoms with Gasteiger partial charge in [-0.25, -0.2) is 8.42 Å². The molecule has 0 spiro atoms. The van der Waals surface area contributed by atoms with Crippen molar-refractivity contribution < 1.29 is 18.0 Å². The first-order valence-corrected chi connectivity index (χ1v) is 15.7. The molecule has 0 fully saturated rings. The molecule has 3 aromatic rings. The molecule has 0 saturated heterocycles. The number of benzene rings is 3. The number of sulfonamides is 1. The summed E-state index contributed by atoms with van der Waals surface area (Å²) < 4.78 is 27.5. The lowest BCUT2D eigenvalue weighted by Crippen LogP contribution is -2.53. The SMILES string of the molecule is CCCNC(=O)[C@H](Cc1ccccc1)N(Cc1ccc(Br)cc1)C(=O)CN(c1cccc(Cl)c1Cl)S(C)(=O)=O. The topological polar surface area (TPSA) is 86.8 Å². The van der Waals surface area contributed by atoms with Gasteiger partial charge in [0, 0.05) is 24.0 Å². The average molecular weight is 655 g/mol. The Labute approximate surface area is 248 Å². The number of anilines is 1. The van der Waals surface area contributed by atoms with Crippen LogP contribution in [-0.2, 0) is 32.6 Å². The average Bonchev–Trinajstić information content (AvgIpc) is 2.90. The molecule has 2 amide bonds. The Bertz CT molecular complexity index is 1390. The third kappa shape index (κ3) is 8.70. The molecule has 0 radical (unpaired) electrons. The number of carbonyl (C=O) groups excluding carboxylic acids is 2. The Morgan fingerprint density at radius 3 is 2.23 bits per heavy atom. The molecule has 0 bridgehead atoms. The number of nitrogens with one attached hydrogen (secondary N) is 1. The minimum Gasteiger partial charge on any atom is -0.354 e. The maximum Gasteiger partial charge on any atom is 0.244 e. The van der Waals surface area contributed by atoms with Crippen LogP contribution in [0.1, 0.15) is 24.5 Å². The normalized spacial score (nSPS) is 12.0. The van der Waals surface area contributed by atoms with Gasteiger partial charge >= 0.3 is 0 Å². The van der Waals surface area contributed by atoms with Crippen LogP contribution in [0.4, 0.5) is 5.69 Å². The number of carbonyl (C=O) groups is 2. The van der Waals surface area contributed by atoms with E-state index in [1.54, 1.807) is 6.07 Å². The zero-order chi connectivity index (χ0) is 28.6. The summed E-state index contributed by atoms with van der Waals surface area (Å²) in [4.78, 5) is 28.9. The molecule has 39 heavy (non-hydrogen) atoms. The Hall–Kier alpha value is -2.59. The van der Waals surface area contributed by atoms with Gasteiger partial charge in [-0.1, -0.05) is 94.6 Å². The van der Waals surface area contributed by atoms with E-state index in [-0.39, 0.29) is 34.6 Å². The van der Waals surface area contributed by atoms with E-state index in [0.717, 1.165) is 32.6 Å². The lowest BCUT2D eigenvalue weighted by Gasteiger charge is -2.33. The van der Waals surface area contributed by atoms with E-state index >= 15 is 0 Å². The van der Waals surface area contributed by atoms with Crippen LogP contribution in [0.2, 0.25) is 10.0 Å². The monoisotopic (exact) mass is 653 g/mol. The number of hydrogen-bond acceptors (Lipinski definition) is 4. The van der Waals surface area contributed by atoms with Crippen LogP contribution in [0, 0.1) is 0 Å². The Morgan fingerprint density at radius 2 is 1.62 bits per heavy atom. The number of amides is 2. The highest BCUT2D eigenvalue weighted by atomic mass is 79.9. The number of nitrogens with zero attached hydrogens (tertiary/aromatic N) is 2. The predicted molar refractivity (Wildman–Crippen MR) is 161 cm³/mol. The van der Waals surface area contributed by atoms with E-state index in [0.29, 0.717) is 6.54 Å². The molecule has 0 aliphatic rings. The highest BCUT2D eigenvalue weighted by Crippen LogP contribution is 2.34. The largest absolute Gasteiger partial charge is 0.354 e. The smallest absolute Gasteiger partial charge is 0.244 e. The summed E-state index contributed by atoms with van der Waals surface area (Å²) in [5.74, 6) is -0.884. The van der Waals surface area contributed by atoms with Crippen LogP contribution < -0.4 is 9.62 Å². The van der Waals surface area contributed by atoms with Crippen LogP contribution in [0.25, 0.3) is 0 Å². The van der Waals surface area contributed by atoms with E-state index in [4.69, 9.17) is 23.2 Å². The fraction of sp³-hybridized carbons (Fsp3) is 0.286. The molecule has 1 atom stereocenters. The molecule has 0 unspecified atom stereocenters. The zero-order valence-electron chi connectivity index (χ0n) is 21.6. The number of hydrogen-bond donors (Lipinski definition) is 1. The van der Waals surface area contributed by atoms with Gasteiger partial charge in [-0.05, 0) is 41.8 Å². The fourth-order valence-corrected chi connectivity index (χ4v) is 5.55. The fourth-order valence-electron chi connectivity index (χ4n) is 3.99. The van der Waals surface area contributed by atoms with Crippen LogP contribution >= 0.6 is 39.1 Å². The van der Waals surface area contributed by atoms with Crippen molar-refractivity contribution in [1.29, 1.82) is 0 Å². The summed E-state index contributed by atoms with van der Waals surface area (Å²) in [6.07, 6.45) is 1.96. The Morgan fingerprint density at radius 1 is 0.949 bits per heavy atom. The molecule has 0 saturated carbocycles. The molecule has 3 aromatic carbocycles. The van der Waals surface area contributed by atoms with Crippen molar-refractivity contribution in [3.05, 3.63) is 98.4 Å². The molecule has 0 aliphatic carbocycles. The molecule has 208 valence electrons. The van der Waals surface area contributed by atoms with Crippen molar-refractivity contribution in [2.24, 2.45) is 0 Å². The molecule has 11 heteroatoms. The van der Waals surface area contributed by atoms with Crippen molar-refractivity contribution in [2.75, 3.05) is 23.7 Å². The molecular weight excluding hydrogens is 625 g/mol. The third-order valence-electron chi connectivity index (χ3n) is 5.97. The van der Waals surface area contributed by atoms with Crippen molar-refractivity contribution in [3.8, 4) is 0 Å². The van der Waals surface area contributed by atoms with Gasteiger partial charge in [0.2, 0.25) is 21.8 Å². The number of rotatable bonds is 12. The maximum absolute atomic E-state index is 14.0. The lowest BCUT2D eigenvalue weighted by molar-refractivity contribution is -0.140. The molecule has 0 aliphatic heterocycles. The predicted octanol–water partition coefficient (Wildman–Crippen LogP) is 5.69. The Kier molecular flexibility index (Phi) is 11.2. The molecular formula is C28H30BrCl2N3O4S. The second kappa shape index (κ2) is 14.2. The third-order valence-corrected chi connectivity index (χ3v) is 8.43. The molecule has 0 aromatic heterocycles. The van der Waals surface area contributed by atoms with Gasteiger partial charge in [0.25, 0.3) is 0 Å². The molecule has 3 rings (SSSR count). The minimum atomic E-state index is -3.95. The van der Waals surface area contributed by atoms with E-state index in [1.807, 2.05) is 61.5 Å². The van der Waals surface area contributed by atoms with Crippen LogP contribution in [0.15, 0.2) is 77.3 Å². The number of halogens is 3. The highest BCUT2D eigenvalue weighted by molar-refractivity contribution is 9.10. The standard InChI is InChI=1S/C28H30BrCl2N3O4S/c1-3-16-32-28(36)25(17-20-8-5-4-6-9-20)33(18-21-12-14-22(29)15-13-21)26(35)19-34(39(2,37)38)24-11-7-10-23(30)27(24)31/h4-15,25H,3,16-19H2,1-2H3,(H,32,36)/t25-/m0/s1. The molecule has 7 nitrogen and oxygen atoms in total. The summed E-state index contributed by atoms with van der Waals surface area (Å²) >= 11 is 15.9. The molecule has 1 N–H and O–H groups in total. The van der Waals surface area contributed by atoms with Crippen molar-refractivity contribution in [1.82, 2.24) is 10.2 Å². The maximum atomic E-state index is 14.0. The quantitative estimate of drug-likeness (QED) is 0.272. The summed E-state index contributed by atoms with van der Waals surface area (Å²) in [6, 6.07) is 20.4. The first-order valence-electron chi connectivity index (χ1n) is 12.3. The van der Waals surface area contributed by atoms with Gasteiger partial charge in [0.1, 0.15) is 12.6 Å². The minimum absolute atomic E-state index is 0.0124. The first-order chi connectivity index (χ1) is 18.5. The van der Waals surface area contributed by atoms with Gasteiger partial charge in [-0.2, -0.15) is 0 Å². The van der Waals surface area contributed by atoms with Gasteiger partial charge in [0.15, 0.2) is 0 Å². The summed E-state index contributed by atoms with van der Waals surface area (Å²) in [6.45, 7) is 1.90. The van der Waals surface area contributed by atoms with Gasteiger partial charge in [-0.15, -0.1) is 0 Å². The summed E-state index contributed by atoms with van der Waals surface area (Å²) in [5.41, 5.74) is 1.72. The van der Waals surface area contributed by atoms with Crippen LogP contribution in [-0.4, -0.2) is 50.5 Å². The van der Waals surface area contributed by atoms with Gasteiger partial charge < -0.3 is 10.2 Å². The van der Waals surface area contributed by atoms with Crippen LogP contribution in [0.5, 0.6) is 0 Å². The van der Waals surface area contributed by atoms with Crippen LogP contribution in [0.3, 0.4) is 0 Å². The summed E-state index contributed by atoms with van der Waals surface area (Å²) in [7, 11) is -3.95. The van der Waals surface area contributed by atoms with E-state index in [1.165, 1.54) is 17.0 Å². The first kappa shape index (κ1) is 30.9. The van der Waals surface area contributed by atoms with Gasteiger partial charge in [-0.3, -0.25) is 13.9 Å². The Balaban J connectivity index is 2.06. The highest BCUT2D eigenvalue weighted by Gasteiger charge is 2.33. The van der Waals surface area contributed by atoms with Gasteiger partial charge in [0.05, 0.1) is 22.0 Å². The zero-order valence-corrected chi connectivity index (χ0v) is 25.5. The van der Waals surface area contributed by atoms with Crippen molar-refractivity contribution in [3.63, 3.8) is 0 Å². The van der Waals surface area contributed by atoms with E-state index < -0.39 is 28.5 Å². The van der Waals surface area contributed by atoms with E-state index in [2.05, 4.69) is 21.2 Å². The van der Waals surface area contributed by atoms with E-state index in [9.17, 15) is 18.0 Å². The summed E-state index contributed by atoms with van der Waals surface area (Å²) in [5, 5.41) is 3.07. The second-order valence-electron chi connectivity index (χ2n) is 8.99. The lowest BCUT2D eigenvalue weighted by atomic mass is 10.0.